The van der Waals surface area contributed by atoms with Gasteiger partial charge in [0.15, 0.2) is 0 Å². The standard InChI is InChI=1S/C13H13N3O3/c17-12(16-6-2-5-10(16)13(18)19)9-4-1-3-8-7-14-15-11(8)9/h1,3-4,7,10H,2,5-6H2,(H,14,15)(H,18,19). The molecule has 0 aliphatic carbocycles. The third kappa shape index (κ3) is 1.85. The Bertz CT molecular complexity index is 649. The molecule has 1 saturated heterocycles. The van der Waals surface area contributed by atoms with E-state index in [1.54, 1.807) is 18.3 Å². The number of nitrogens with zero attached hydrogens (tertiary/aromatic N) is 2. The van der Waals surface area contributed by atoms with Crippen molar-refractivity contribution in [2.24, 2.45) is 0 Å². The molecule has 2 N–H and O–H groups in total. The predicted molar refractivity (Wildman–Crippen MR) is 67.8 cm³/mol. The number of benzene rings is 1. The van der Waals surface area contributed by atoms with Gasteiger partial charge in [-0.15, -0.1) is 0 Å². The minimum atomic E-state index is -0.942. The van der Waals surface area contributed by atoms with Crippen molar-refractivity contribution in [3.63, 3.8) is 0 Å². The van der Waals surface area contributed by atoms with Crippen LogP contribution in [0.4, 0.5) is 0 Å². The summed E-state index contributed by atoms with van der Waals surface area (Å²) in [5.74, 6) is -1.19. The number of carboxylic acid groups (broad SMARTS) is 1. The first-order valence-corrected chi connectivity index (χ1v) is 6.14. The Morgan fingerprint density at radius 3 is 3.05 bits per heavy atom. The number of aromatic amines is 1. The lowest BCUT2D eigenvalue weighted by atomic mass is 10.1. The van der Waals surface area contributed by atoms with Gasteiger partial charge in [-0.3, -0.25) is 9.89 Å². The lowest BCUT2D eigenvalue weighted by Crippen LogP contribution is -2.40. The molecule has 1 aromatic heterocycles. The van der Waals surface area contributed by atoms with Crippen molar-refractivity contribution in [1.82, 2.24) is 15.1 Å². The number of carbonyl (C=O) groups excluding carboxylic acids is 1. The molecule has 1 atom stereocenters. The molecule has 3 rings (SSSR count). The van der Waals surface area contributed by atoms with E-state index < -0.39 is 12.0 Å². The van der Waals surface area contributed by atoms with Crippen LogP contribution in [0.2, 0.25) is 0 Å². The van der Waals surface area contributed by atoms with Crippen LogP contribution in [-0.2, 0) is 4.79 Å². The molecule has 0 radical (unpaired) electrons. The van der Waals surface area contributed by atoms with Gasteiger partial charge in [0.05, 0.1) is 17.3 Å². The molecule has 1 fully saturated rings. The van der Waals surface area contributed by atoms with Gasteiger partial charge < -0.3 is 10.0 Å². The molecule has 1 amide bonds. The highest BCUT2D eigenvalue weighted by Crippen LogP contribution is 2.23. The third-order valence-electron chi connectivity index (χ3n) is 3.51. The zero-order valence-electron chi connectivity index (χ0n) is 10.2. The first-order valence-electron chi connectivity index (χ1n) is 6.14. The zero-order valence-corrected chi connectivity index (χ0v) is 10.2. The molecule has 0 bridgehead atoms. The van der Waals surface area contributed by atoms with E-state index in [1.807, 2.05) is 6.07 Å². The Kier molecular flexibility index (Phi) is 2.70. The van der Waals surface area contributed by atoms with Crippen LogP contribution in [-0.4, -0.2) is 44.7 Å². The van der Waals surface area contributed by atoms with Gasteiger partial charge in [0.2, 0.25) is 0 Å². The lowest BCUT2D eigenvalue weighted by molar-refractivity contribution is -0.141. The second-order valence-electron chi connectivity index (χ2n) is 4.63. The van der Waals surface area contributed by atoms with E-state index in [4.69, 9.17) is 5.11 Å². The van der Waals surface area contributed by atoms with Gasteiger partial charge in [0, 0.05) is 11.9 Å². The number of fused-ring (bicyclic) bond motifs is 1. The maximum Gasteiger partial charge on any atom is 0.326 e. The van der Waals surface area contributed by atoms with Gasteiger partial charge in [0.1, 0.15) is 6.04 Å². The van der Waals surface area contributed by atoms with Crippen molar-refractivity contribution in [3.05, 3.63) is 30.0 Å². The van der Waals surface area contributed by atoms with Crippen LogP contribution >= 0.6 is 0 Å². The zero-order chi connectivity index (χ0) is 13.4. The molecule has 1 aliphatic rings. The maximum atomic E-state index is 12.5. The van der Waals surface area contributed by atoms with E-state index in [9.17, 15) is 9.59 Å². The van der Waals surface area contributed by atoms with Crippen molar-refractivity contribution in [2.75, 3.05) is 6.54 Å². The van der Waals surface area contributed by atoms with Gasteiger partial charge in [-0.1, -0.05) is 12.1 Å². The number of aliphatic carboxylic acids is 1. The average molecular weight is 259 g/mol. The molecule has 0 saturated carbocycles. The fourth-order valence-electron chi connectivity index (χ4n) is 2.57. The Balaban J connectivity index is 2.00. The third-order valence-corrected chi connectivity index (χ3v) is 3.51. The van der Waals surface area contributed by atoms with E-state index in [2.05, 4.69) is 10.2 Å². The topological polar surface area (TPSA) is 86.3 Å². The number of rotatable bonds is 2. The lowest BCUT2D eigenvalue weighted by Gasteiger charge is -2.21. The summed E-state index contributed by atoms with van der Waals surface area (Å²) in [4.78, 5) is 25.1. The number of aromatic nitrogens is 2. The second kappa shape index (κ2) is 4.38. The number of amides is 1. The van der Waals surface area contributed by atoms with Crippen molar-refractivity contribution in [1.29, 1.82) is 0 Å². The summed E-state index contributed by atoms with van der Waals surface area (Å²) in [6.07, 6.45) is 2.88. The average Bonchev–Trinajstić information content (AvgIpc) is 3.05. The summed E-state index contributed by atoms with van der Waals surface area (Å²) >= 11 is 0. The number of H-pyrrole nitrogens is 1. The number of para-hydroxylation sites is 1. The van der Waals surface area contributed by atoms with Crippen molar-refractivity contribution in [2.45, 2.75) is 18.9 Å². The molecule has 1 aliphatic heterocycles. The summed E-state index contributed by atoms with van der Waals surface area (Å²) in [7, 11) is 0. The number of likely N-dealkylation sites (tertiary alicyclic amines) is 1. The van der Waals surface area contributed by atoms with Crippen LogP contribution in [0.15, 0.2) is 24.4 Å². The van der Waals surface area contributed by atoms with Crippen molar-refractivity contribution >= 4 is 22.8 Å². The largest absolute Gasteiger partial charge is 0.480 e. The van der Waals surface area contributed by atoms with Gasteiger partial charge in [0.25, 0.3) is 5.91 Å². The fourth-order valence-corrected chi connectivity index (χ4v) is 2.57. The molecule has 0 spiro atoms. The SMILES string of the molecule is O=C(O)C1CCCN1C(=O)c1cccc2cn[nH]c12. The Morgan fingerprint density at radius 1 is 1.42 bits per heavy atom. The van der Waals surface area contributed by atoms with E-state index in [0.717, 1.165) is 11.8 Å². The van der Waals surface area contributed by atoms with Crippen molar-refractivity contribution in [3.8, 4) is 0 Å². The van der Waals surface area contributed by atoms with Gasteiger partial charge in [-0.2, -0.15) is 5.10 Å². The Labute approximate surface area is 109 Å². The Hall–Kier alpha value is -2.37. The van der Waals surface area contributed by atoms with E-state index >= 15 is 0 Å². The minimum absolute atomic E-state index is 0.250. The number of hydrogen-bond acceptors (Lipinski definition) is 3. The predicted octanol–water partition coefficient (Wildman–Crippen LogP) is 1.25. The summed E-state index contributed by atoms with van der Waals surface area (Å²) in [5.41, 5.74) is 1.13. The van der Waals surface area contributed by atoms with E-state index in [0.29, 0.717) is 24.0 Å². The summed E-state index contributed by atoms with van der Waals surface area (Å²) in [6, 6.07) is 4.61. The van der Waals surface area contributed by atoms with Gasteiger partial charge >= 0.3 is 5.97 Å². The molecule has 1 aromatic carbocycles. The van der Waals surface area contributed by atoms with Crippen LogP contribution in [0.1, 0.15) is 23.2 Å². The van der Waals surface area contributed by atoms with Crippen LogP contribution in [0, 0.1) is 0 Å². The highest BCUT2D eigenvalue weighted by molar-refractivity contribution is 6.06. The molecule has 1 unspecified atom stereocenters. The number of carbonyl (C=O) groups is 2. The molecule has 2 heterocycles. The van der Waals surface area contributed by atoms with Crippen LogP contribution in [0.3, 0.4) is 0 Å². The quantitative estimate of drug-likeness (QED) is 0.849. The second-order valence-corrected chi connectivity index (χ2v) is 4.63. The summed E-state index contributed by atoms with van der Waals surface area (Å²) in [5, 5.41) is 16.7. The van der Waals surface area contributed by atoms with Crippen LogP contribution in [0.25, 0.3) is 10.9 Å². The van der Waals surface area contributed by atoms with Crippen molar-refractivity contribution < 1.29 is 14.7 Å². The van der Waals surface area contributed by atoms with Crippen LogP contribution < -0.4 is 0 Å². The van der Waals surface area contributed by atoms with Crippen LogP contribution in [0.5, 0.6) is 0 Å². The van der Waals surface area contributed by atoms with E-state index in [-0.39, 0.29) is 5.91 Å². The summed E-state index contributed by atoms with van der Waals surface area (Å²) in [6.45, 7) is 0.486. The highest BCUT2D eigenvalue weighted by atomic mass is 16.4. The molecule has 2 aromatic rings. The molecule has 6 nitrogen and oxygen atoms in total. The fraction of sp³-hybridized carbons (Fsp3) is 0.308. The first-order chi connectivity index (χ1) is 9.18. The monoisotopic (exact) mass is 259 g/mol. The molecular formula is C13H13N3O3. The molecule has 19 heavy (non-hydrogen) atoms. The summed E-state index contributed by atoms with van der Waals surface area (Å²) < 4.78 is 0. The normalized spacial score (nSPS) is 18.9. The Morgan fingerprint density at radius 2 is 2.26 bits per heavy atom. The molecule has 6 heteroatoms. The number of nitrogens with one attached hydrogen (secondary N) is 1. The molecule has 98 valence electrons. The number of hydrogen-bond donors (Lipinski definition) is 2. The molecular weight excluding hydrogens is 246 g/mol. The van der Waals surface area contributed by atoms with Gasteiger partial charge in [-0.25, -0.2) is 4.79 Å². The number of carboxylic acids is 1. The first kappa shape index (κ1) is 11.7. The highest BCUT2D eigenvalue weighted by Gasteiger charge is 2.35. The minimum Gasteiger partial charge on any atom is -0.480 e. The van der Waals surface area contributed by atoms with E-state index in [1.165, 1.54) is 4.90 Å². The maximum absolute atomic E-state index is 12.5. The van der Waals surface area contributed by atoms with Gasteiger partial charge in [-0.05, 0) is 18.9 Å². The smallest absolute Gasteiger partial charge is 0.326 e.